The van der Waals surface area contributed by atoms with Crippen molar-refractivity contribution in [1.29, 1.82) is 0 Å². The van der Waals surface area contributed by atoms with Gasteiger partial charge in [0.15, 0.2) is 0 Å². The Morgan fingerprint density at radius 3 is 2.93 bits per heavy atom. The topological polar surface area (TPSA) is 69.6 Å². The summed E-state index contributed by atoms with van der Waals surface area (Å²) in [5, 5.41) is 11.5. The molecule has 1 rings (SSSR count). The Kier molecular flexibility index (Phi) is 4.41. The molecule has 0 bridgehead atoms. The van der Waals surface area contributed by atoms with Gasteiger partial charge in [-0.2, -0.15) is 0 Å². The Hall–Kier alpha value is -0.750. The molecule has 1 fully saturated rings. The predicted octanol–water partition coefficient (Wildman–Crippen LogP) is 0.0407. The Bertz CT molecular complexity index is 258. The molecule has 5 nitrogen and oxygen atoms in total. The van der Waals surface area contributed by atoms with Crippen molar-refractivity contribution in [3.8, 4) is 0 Å². The van der Waals surface area contributed by atoms with E-state index in [1.54, 1.807) is 18.9 Å². The van der Waals surface area contributed by atoms with E-state index in [4.69, 9.17) is 5.11 Å². The monoisotopic (exact) mass is 232 g/mol. The van der Waals surface area contributed by atoms with Gasteiger partial charge in [0, 0.05) is 19.3 Å². The summed E-state index contributed by atoms with van der Waals surface area (Å²) in [6.07, 6.45) is 0.142. The molecule has 1 aliphatic heterocycles. The largest absolute Gasteiger partial charge is 0.393 e. The van der Waals surface area contributed by atoms with Gasteiger partial charge in [0.2, 0.25) is 5.91 Å². The quantitative estimate of drug-likeness (QED) is 0.718. The number of likely N-dealkylation sites (N-methyl/N-ethyl adjacent to an activating group) is 1. The molecule has 0 radical (unpaired) electrons. The van der Waals surface area contributed by atoms with Gasteiger partial charge in [-0.05, 0) is 13.3 Å². The third kappa shape index (κ3) is 3.71. The number of rotatable bonds is 4. The molecule has 0 aromatic heterocycles. The smallest absolute Gasteiger partial charge is 0.279 e. The summed E-state index contributed by atoms with van der Waals surface area (Å²) in [5.74, 6) is 0.408. The second kappa shape index (κ2) is 5.37. The summed E-state index contributed by atoms with van der Waals surface area (Å²) in [4.78, 5) is 24.2. The van der Waals surface area contributed by atoms with Crippen molar-refractivity contribution in [2.45, 2.75) is 25.5 Å². The molecule has 2 amide bonds. The summed E-state index contributed by atoms with van der Waals surface area (Å²) in [5.41, 5.74) is 0. The zero-order chi connectivity index (χ0) is 11.4. The standard InChI is InChI=1S/C9H16N2O3S/c1-6(12)3-4-11(2)8(13)7-5-15-9(14)10-7/h6-7,12H,3-5H2,1-2H3,(H,10,14). The van der Waals surface area contributed by atoms with Crippen molar-refractivity contribution in [3.63, 3.8) is 0 Å². The number of carbonyl (C=O) groups excluding carboxylic acids is 2. The molecule has 0 aromatic carbocycles. The normalized spacial score (nSPS) is 22.3. The van der Waals surface area contributed by atoms with Crippen molar-refractivity contribution in [1.82, 2.24) is 10.2 Å². The van der Waals surface area contributed by atoms with Crippen LogP contribution in [0.1, 0.15) is 13.3 Å². The first-order chi connectivity index (χ1) is 7.00. The summed E-state index contributed by atoms with van der Waals surface area (Å²) in [6, 6.07) is -0.401. The van der Waals surface area contributed by atoms with E-state index in [9.17, 15) is 9.59 Å². The molecule has 2 N–H and O–H groups in total. The number of aliphatic hydroxyl groups is 1. The summed E-state index contributed by atoms with van der Waals surface area (Å²) >= 11 is 1.13. The van der Waals surface area contributed by atoms with Gasteiger partial charge in [-0.15, -0.1) is 0 Å². The molecule has 0 saturated carbocycles. The van der Waals surface area contributed by atoms with Gasteiger partial charge in [-0.3, -0.25) is 9.59 Å². The van der Waals surface area contributed by atoms with Gasteiger partial charge in [0.1, 0.15) is 6.04 Å². The number of aliphatic hydroxyl groups excluding tert-OH is 1. The van der Waals surface area contributed by atoms with Gasteiger partial charge in [-0.25, -0.2) is 0 Å². The van der Waals surface area contributed by atoms with Crippen molar-refractivity contribution in [2.75, 3.05) is 19.3 Å². The number of carbonyl (C=O) groups is 2. The van der Waals surface area contributed by atoms with Crippen molar-refractivity contribution >= 4 is 22.9 Å². The molecular weight excluding hydrogens is 216 g/mol. The average molecular weight is 232 g/mol. The Balaban J connectivity index is 2.35. The van der Waals surface area contributed by atoms with Crippen molar-refractivity contribution in [2.24, 2.45) is 0 Å². The first-order valence-electron chi connectivity index (χ1n) is 4.87. The van der Waals surface area contributed by atoms with Crippen LogP contribution in [0.5, 0.6) is 0 Å². The lowest BCUT2D eigenvalue weighted by Gasteiger charge is -2.21. The van der Waals surface area contributed by atoms with E-state index in [1.807, 2.05) is 0 Å². The minimum absolute atomic E-state index is 0.0889. The lowest BCUT2D eigenvalue weighted by atomic mass is 10.2. The average Bonchev–Trinajstić information content (AvgIpc) is 2.60. The summed E-state index contributed by atoms with van der Waals surface area (Å²) < 4.78 is 0. The fourth-order valence-electron chi connectivity index (χ4n) is 1.27. The molecule has 86 valence electrons. The fourth-order valence-corrected chi connectivity index (χ4v) is 2.04. The van der Waals surface area contributed by atoms with Crippen LogP contribution in [0.3, 0.4) is 0 Å². The minimum atomic E-state index is -0.409. The van der Waals surface area contributed by atoms with Gasteiger partial charge in [0.25, 0.3) is 5.24 Å². The maximum Gasteiger partial charge on any atom is 0.279 e. The first kappa shape index (κ1) is 12.3. The lowest BCUT2D eigenvalue weighted by Crippen LogP contribution is -2.44. The van der Waals surface area contributed by atoms with E-state index < -0.39 is 12.1 Å². The molecule has 0 spiro atoms. The van der Waals surface area contributed by atoms with Crippen molar-refractivity contribution in [3.05, 3.63) is 0 Å². The van der Waals surface area contributed by atoms with E-state index >= 15 is 0 Å². The van der Waals surface area contributed by atoms with Crippen LogP contribution in [-0.2, 0) is 4.79 Å². The van der Waals surface area contributed by atoms with Crippen LogP contribution in [0, 0.1) is 0 Å². The predicted molar refractivity (Wildman–Crippen MR) is 58.7 cm³/mol. The van der Waals surface area contributed by atoms with Gasteiger partial charge >= 0.3 is 0 Å². The molecule has 2 unspecified atom stereocenters. The Labute approximate surface area is 93.2 Å². The highest BCUT2D eigenvalue weighted by atomic mass is 32.2. The van der Waals surface area contributed by atoms with Crippen LogP contribution in [0.4, 0.5) is 4.79 Å². The van der Waals surface area contributed by atoms with Gasteiger partial charge < -0.3 is 15.3 Å². The number of nitrogens with zero attached hydrogens (tertiary/aromatic N) is 1. The van der Waals surface area contributed by atoms with E-state index in [0.717, 1.165) is 11.8 Å². The number of hydrogen-bond donors (Lipinski definition) is 2. The zero-order valence-corrected chi connectivity index (χ0v) is 9.71. The molecule has 0 aromatic rings. The molecule has 2 atom stereocenters. The fraction of sp³-hybridized carbons (Fsp3) is 0.778. The number of hydrogen-bond acceptors (Lipinski definition) is 4. The minimum Gasteiger partial charge on any atom is -0.393 e. The van der Waals surface area contributed by atoms with Crippen LogP contribution >= 0.6 is 11.8 Å². The number of nitrogens with one attached hydrogen (secondary N) is 1. The maximum atomic E-state index is 11.7. The third-order valence-corrected chi connectivity index (χ3v) is 3.11. The molecule has 1 aliphatic rings. The van der Waals surface area contributed by atoms with Crippen LogP contribution < -0.4 is 5.32 Å². The highest BCUT2D eigenvalue weighted by molar-refractivity contribution is 8.14. The maximum absolute atomic E-state index is 11.7. The van der Waals surface area contributed by atoms with E-state index in [-0.39, 0.29) is 11.1 Å². The SMILES string of the molecule is CC(O)CCN(C)C(=O)C1CSC(=O)N1. The molecule has 15 heavy (non-hydrogen) atoms. The number of amides is 2. The van der Waals surface area contributed by atoms with Crippen molar-refractivity contribution < 1.29 is 14.7 Å². The Morgan fingerprint density at radius 2 is 2.47 bits per heavy atom. The second-order valence-electron chi connectivity index (χ2n) is 3.69. The number of thioether (sulfide) groups is 1. The second-order valence-corrected chi connectivity index (χ2v) is 4.69. The molecule has 0 aliphatic carbocycles. The first-order valence-corrected chi connectivity index (χ1v) is 5.85. The van der Waals surface area contributed by atoms with E-state index in [2.05, 4.69) is 5.32 Å². The lowest BCUT2D eigenvalue weighted by molar-refractivity contribution is -0.131. The highest BCUT2D eigenvalue weighted by Gasteiger charge is 2.29. The Morgan fingerprint density at radius 1 is 1.80 bits per heavy atom. The van der Waals surface area contributed by atoms with Crippen LogP contribution in [0.2, 0.25) is 0 Å². The highest BCUT2D eigenvalue weighted by Crippen LogP contribution is 2.14. The van der Waals surface area contributed by atoms with E-state index in [0.29, 0.717) is 18.7 Å². The van der Waals surface area contributed by atoms with Gasteiger partial charge in [-0.1, -0.05) is 11.8 Å². The van der Waals surface area contributed by atoms with Gasteiger partial charge in [0.05, 0.1) is 6.10 Å². The van der Waals surface area contributed by atoms with Crippen LogP contribution in [0.25, 0.3) is 0 Å². The van der Waals surface area contributed by atoms with Crippen LogP contribution in [-0.4, -0.2) is 52.6 Å². The summed E-state index contributed by atoms with van der Waals surface area (Å²) in [7, 11) is 1.68. The third-order valence-electron chi connectivity index (χ3n) is 2.23. The molecule has 1 saturated heterocycles. The summed E-state index contributed by atoms with van der Waals surface area (Å²) in [6.45, 7) is 2.19. The zero-order valence-electron chi connectivity index (χ0n) is 8.90. The van der Waals surface area contributed by atoms with Crippen LogP contribution in [0.15, 0.2) is 0 Å². The molecular formula is C9H16N2O3S. The molecule has 6 heteroatoms. The molecule has 1 heterocycles. The van der Waals surface area contributed by atoms with E-state index in [1.165, 1.54) is 0 Å².